The van der Waals surface area contributed by atoms with Crippen LogP contribution in [0.15, 0.2) is 453 Å². The highest BCUT2D eigenvalue weighted by molar-refractivity contribution is 7.25. The number of nitrogens with zero attached hydrogens (tertiary/aromatic N) is 6. The minimum absolute atomic E-state index is 0.464. The molecule has 0 radical (unpaired) electrons. The van der Waals surface area contributed by atoms with Crippen LogP contribution in [0.3, 0.4) is 0 Å². The van der Waals surface area contributed by atoms with Crippen LogP contribution in [0.1, 0.15) is 44.5 Å². The van der Waals surface area contributed by atoms with E-state index >= 15 is 0 Å². The normalized spacial score (nSPS) is 12.6. The number of furan rings is 1. The largest absolute Gasteiger partial charge is 0.456 e. The highest BCUT2D eigenvalue weighted by atomic mass is 32.1. The monoisotopic (exact) mass is 1600 g/mol. The summed E-state index contributed by atoms with van der Waals surface area (Å²) in [5.41, 5.74) is 30.2. The van der Waals surface area contributed by atoms with Gasteiger partial charge < -0.3 is 4.42 Å². The van der Waals surface area contributed by atoms with Crippen LogP contribution in [0.5, 0.6) is 0 Å². The van der Waals surface area contributed by atoms with Gasteiger partial charge in [-0.25, -0.2) is 29.9 Å². The molecule has 0 unspecified atom stereocenters. The highest BCUT2D eigenvalue weighted by Gasteiger charge is 2.48. The fourth-order valence-corrected chi connectivity index (χ4v) is 20.4. The van der Waals surface area contributed by atoms with Gasteiger partial charge in [0.15, 0.2) is 34.9 Å². The van der Waals surface area contributed by atoms with Crippen molar-refractivity contribution in [2.24, 2.45) is 0 Å². The lowest BCUT2D eigenvalue weighted by atomic mass is 9.67. The number of benzene rings is 18. The summed E-state index contributed by atoms with van der Waals surface area (Å²) in [7, 11) is 0. The average molecular weight is 1600 g/mol. The van der Waals surface area contributed by atoms with Crippen LogP contribution in [0.2, 0.25) is 0 Å². The van der Waals surface area contributed by atoms with Gasteiger partial charge in [-0.2, -0.15) is 0 Å². The zero-order valence-corrected chi connectivity index (χ0v) is 68.0. The molecule has 0 atom stereocenters. The Morgan fingerprint density at radius 3 is 0.984 bits per heavy atom. The third kappa shape index (κ3) is 12.4. The number of rotatable bonds is 14. The summed E-state index contributed by atoms with van der Waals surface area (Å²) < 4.78 is 9.40. The van der Waals surface area contributed by atoms with Crippen LogP contribution in [-0.4, -0.2) is 29.9 Å². The Balaban J connectivity index is 0.000000143. The maximum atomic E-state index is 6.88. The molecule has 4 heterocycles. The van der Waals surface area contributed by atoms with Crippen LogP contribution in [-0.2, 0) is 10.8 Å². The molecule has 4 aromatic heterocycles. The molecule has 7 nitrogen and oxygen atoms in total. The molecule has 580 valence electrons. The third-order valence-corrected chi connectivity index (χ3v) is 26.0. The first kappa shape index (κ1) is 73.2. The van der Waals surface area contributed by atoms with Crippen LogP contribution in [0.4, 0.5) is 0 Å². The van der Waals surface area contributed by atoms with Gasteiger partial charge in [-0.1, -0.05) is 400 Å². The zero-order chi connectivity index (χ0) is 82.1. The first-order chi connectivity index (χ1) is 61.5. The fourth-order valence-electron chi connectivity index (χ4n) is 19.3. The molecule has 0 spiro atoms. The first-order valence-electron chi connectivity index (χ1n) is 42.0. The van der Waals surface area contributed by atoms with Crippen LogP contribution < -0.4 is 0 Å². The Bertz CT molecular complexity index is 7770. The quantitative estimate of drug-likeness (QED) is 0.107. The Labute approximate surface area is 722 Å². The maximum Gasteiger partial charge on any atom is 0.164 e. The van der Waals surface area contributed by atoms with Gasteiger partial charge in [-0.3, -0.25) is 0 Å². The molecular formula is C116H74N6OS. The average Bonchev–Trinajstić information content (AvgIpc) is 1.54. The second-order valence-corrected chi connectivity index (χ2v) is 32.8. The highest BCUT2D eigenvalue weighted by Crippen LogP contribution is 2.59. The van der Waals surface area contributed by atoms with Gasteiger partial charge in [-0.05, 0) is 160 Å². The van der Waals surface area contributed by atoms with E-state index in [0.29, 0.717) is 34.9 Å². The van der Waals surface area contributed by atoms with Gasteiger partial charge in [0.25, 0.3) is 0 Å². The van der Waals surface area contributed by atoms with E-state index in [2.05, 4.69) is 388 Å². The van der Waals surface area contributed by atoms with Crippen molar-refractivity contribution in [3.05, 3.63) is 493 Å². The van der Waals surface area contributed by atoms with Crippen LogP contribution >= 0.6 is 11.3 Å². The first-order valence-corrected chi connectivity index (χ1v) is 42.8. The molecule has 18 aromatic carbocycles. The second-order valence-electron chi connectivity index (χ2n) is 31.8. The molecule has 0 bridgehead atoms. The molecule has 0 saturated carbocycles. The van der Waals surface area contributed by atoms with E-state index in [1.165, 1.54) is 81.4 Å². The Hall–Kier alpha value is -16.0. The maximum absolute atomic E-state index is 6.88. The van der Waals surface area contributed by atoms with Crippen LogP contribution in [0.25, 0.3) is 177 Å². The van der Waals surface area contributed by atoms with E-state index in [-0.39, 0.29) is 0 Å². The Morgan fingerprint density at radius 1 is 0.177 bits per heavy atom. The van der Waals surface area contributed by atoms with Crippen LogP contribution in [0, 0.1) is 0 Å². The third-order valence-electron chi connectivity index (χ3n) is 24.9. The molecule has 0 aliphatic heterocycles. The number of hydrogen-bond acceptors (Lipinski definition) is 8. The lowest BCUT2D eigenvalue weighted by Gasteiger charge is -2.34. The van der Waals surface area contributed by atoms with E-state index in [1.54, 1.807) is 0 Å². The summed E-state index contributed by atoms with van der Waals surface area (Å²) in [4.78, 5) is 31.0. The molecule has 2 aliphatic carbocycles. The van der Waals surface area contributed by atoms with Crippen molar-refractivity contribution in [2.45, 2.75) is 10.8 Å². The minimum atomic E-state index is -0.523. The second kappa shape index (κ2) is 30.7. The number of fused-ring (bicyclic) bond motifs is 12. The van der Waals surface area contributed by atoms with Crippen molar-refractivity contribution < 1.29 is 4.42 Å². The fraction of sp³-hybridized carbons (Fsp3) is 0.0172. The van der Waals surface area contributed by atoms with Crippen molar-refractivity contribution in [3.63, 3.8) is 0 Å². The molecular weight excluding hydrogens is 1530 g/mol. The van der Waals surface area contributed by atoms with Crippen molar-refractivity contribution in [3.8, 4) is 135 Å². The molecule has 0 amide bonds. The van der Waals surface area contributed by atoms with Gasteiger partial charge in [-0.15, -0.1) is 11.3 Å². The SMILES string of the molecule is c1ccc(-c2cccc(-c3nc(-c4ccccc4)nc(-c4ccccc4-c4ccc5sc6ccc(C7(c8ccccc8)c8ccccc8-c8ccccc87)cc6c5c4)n3)c2)cc1.c1ccc(-c2cccc(-c3nc(-c4ccccc4)nc(-c4ccccc4-c4cccc5oc6cc(C7(c8ccccc8)c8ccccc8-c8ccccc87)ccc6c45)n3)c2)cc1. The predicted octanol–water partition coefficient (Wildman–Crippen LogP) is 29.4. The summed E-state index contributed by atoms with van der Waals surface area (Å²) in [6.45, 7) is 0. The topological polar surface area (TPSA) is 90.5 Å². The van der Waals surface area contributed by atoms with Gasteiger partial charge in [0.2, 0.25) is 0 Å². The summed E-state index contributed by atoms with van der Waals surface area (Å²) >= 11 is 1.85. The predicted molar refractivity (Wildman–Crippen MR) is 509 cm³/mol. The van der Waals surface area contributed by atoms with Gasteiger partial charge >= 0.3 is 0 Å². The minimum Gasteiger partial charge on any atom is -0.456 e. The molecule has 8 heteroatoms. The van der Waals surface area contributed by atoms with Gasteiger partial charge in [0.1, 0.15) is 11.2 Å². The van der Waals surface area contributed by atoms with E-state index in [1.807, 2.05) is 72.0 Å². The number of thiophene rings is 1. The van der Waals surface area contributed by atoms with E-state index in [4.69, 9.17) is 34.3 Å². The Kier molecular flexibility index (Phi) is 18.1. The lowest BCUT2D eigenvalue weighted by molar-refractivity contribution is 0.665. The summed E-state index contributed by atoms with van der Waals surface area (Å²) in [5.74, 6) is 3.74. The molecule has 24 rings (SSSR count). The van der Waals surface area contributed by atoms with E-state index < -0.39 is 10.8 Å². The number of hydrogen-bond donors (Lipinski definition) is 0. The lowest BCUT2D eigenvalue weighted by Crippen LogP contribution is -2.28. The summed E-state index contributed by atoms with van der Waals surface area (Å²) in [5, 5.41) is 4.60. The number of aromatic nitrogens is 6. The molecule has 0 fully saturated rings. The zero-order valence-electron chi connectivity index (χ0n) is 67.2. The van der Waals surface area contributed by atoms with Gasteiger partial charge in [0, 0.05) is 64.3 Å². The van der Waals surface area contributed by atoms with E-state index in [9.17, 15) is 0 Å². The standard InChI is InChI=1S/C58H37N3O.C58H37N3S/c1-4-18-38(19-5-1)40-22-16-23-41(36-40)56-59-55(39-20-6-2-7-21-39)60-57(61-56)48-29-11-10-26-44(48)47-30-17-33-52-54(47)49-35-34-43(37-53(49)62-52)58(42-24-8-3-9-25-42)50-31-14-12-27-45(50)46-28-13-15-32-51(46)58;1-4-17-38(18-5-1)40-21-16-22-42(35-40)56-59-55(39-19-6-2-7-20-39)60-57(61-56)48-28-11-10-25-45(48)41-31-33-53-49(36-41)50-37-44(32-34-54(50)62-53)58(43-23-8-3-9-24-43)51-29-14-12-26-46(51)47-27-13-15-30-52(47)58/h2*1-37H. The van der Waals surface area contributed by atoms with Crippen molar-refractivity contribution >= 4 is 53.4 Å². The van der Waals surface area contributed by atoms with Gasteiger partial charge in [0.05, 0.1) is 10.8 Å². The summed E-state index contributed by atoms with van der Waals surface area (Å²) in [6.07, 6.45) is 0. The Morgan fingerprint density at radius 2 is 0.508 bits per heavy atom. The molecule has 0 N–H and O–H groups in total. The molecule has 0 saturated heterocycles. The van der Waals surface area contributed by atoms with Crippen molar-refractivity contribution in [2.75, 3.05) is 0 Å². The molecule has 2 aliphatic rings. The summed E-state index contributed by atoms with van der Waals surface area (Å²) in [6, 6.07) is 160. The van der Waals surface area contributed by atoms with E-state index in [0.717, 1.165) is 105 Å². The smallest absolute Gasteiger partial charge is 0.164 e. The molecule has 124 heavy (non-hydrogen) atoms. The van der Waals surface area contributed by atoms with Crippen molar-refractivity contribution in [1.29, 1.82) is 0 Å². The molecule has 22 aromatic rings. The van der Waals surface area contributed by atoms with Crippen molar-refractivity contribution in [1.82, 2.24) is 29.9 Å².